The van der Waals surface area contributed by atoms with Gasteiger partial charge in [-0.05, 0) is 36.9 Å². The Morgan fingerprint density at radius 1 is 1.14 bits per heavy atom. The Hall–Kier alpha value is -3.99. The third-order valence-corrected chi connectivity index (χ3v) is 6.17. The number of carbonyl (C=O) groups excluding carboxylic acids is 1. The molecule has 0 spiro atoms. The first-order valence-corrected chi connectivity index (χ1v) is 11.2. The Morgan fingerprint density at radius 2 is 1.81 bits per heavy atom. The number of likely N-dealkylation sites (N-methyl/N-ethyl adjacent to an activating group) is 1. The lowest BCUT2D eigenvalue weighted by atomic mass is 10.0. The van der Waals surface area contributed by atoms with Gasteiger partial charge in [0.2, 0.25) is 5.43 Å². The maximum absolute atomic E-state index is 15.6. The molecule has 0 N–H and O–H groups in total. The molecule has 1 fully saturated rings. The Kier molecular flexibility index (Phi) is 7.20. The van der Waals surface area contributed by atoms with E-state index in [1.165, 1.54) is 30.3 Å². The van der Waals surface area contributed by atoms with Crippen LogP contribution in [0.2, 0.25) is 0 Å². The van der Waals surface area contributed by atoms with Crippen molar-refractivity contribution in [3.05, 3.63) is 85.7 Å². The fraction of sp³-hybridized carbons (Fsp3) is 0.280. The number of aromatic nitrogens is 1. The third kappa shape index (κ3) is 4.87. The number of nitro benzene ring substituents is 1. The summed E-state index contributed by atoms with van der Waals surface area (Å²) in [7, 11) is 1.90. The first-order valence-electron chi connectivity index (χ1n) is 11.2. The largest absolute Gasteiger partial charge is 0.364 e. The van der Waals surface area contributed by atoms with E-state index in [1.54, 1.807) is 4.90 Å². The molecule has 3 aromatic rings. The average Bonchev–Trinajstić information content (AvgIpc) is 2.85. The number of nitrogens with zero attached hydrogens (tertiary/aromatic N) is 4. The van der Waals surface area contributed by atoms with Crippen molar-refractivity contribution in [2.45, 2.75) is 6.54 Å². The number of carbonyl (C=O) groups is 1. The molecule has 0 radical (unpaired) electrons. The lowest BCUT2D eigenvalue weighted by Gasteiger charge is -2.34. The van der Waals surface area contributed by atoms with Crippen molar-refractivity contribution in [2.75, 3.05) is 44.8 Å². The summed E-state index contributed by atoms with van der Waals surface area (Å²) < 4.78 is 45.2. The van der Waals surface area contributed by atoms with Crippen molar-refractivity contribution >= 4 is 34.1 Å². The number of aryl methyl sites for hydroxylation is 1. The predicted octanol–water partition coefficient (Wildman–Crippen LogP) is 3.81. The molecular formula is C25H23F3N4O4. The van der Waals surface area contributed by atoms with E-state index >= 15 is 8.78 Å². The summed E-state index contributed by atoms with van der Waals surface area (Å²) in [4.78, 5) is 39.7. The van der Waals surface area contributed by atoms with E-state index in [0.717, 1.165) is 22.9 Å². The standard InChI is InChI=1S/C25H23F3N4O4/c1-29-10-12-30(13-11-29)24-20(27)14-18-23(22(24)28)31(9-8-26)15-19(25(18)34)21(33)7-4-16-2-5-17(6-3-16)32(35)36/h2-7,14-15H,8-13H2,1H3/b7-4+. The van der Waals surface area contributed by atoms with Crippen molar-refractivity contribution < 1.29 is 22.9 Å². The number of piperazine rings is 1. The molecule has 1 aromatic heterocycles. The number of hydrogen-bond donors (Lipinski definition) is 0. The molecule has 36 heavy (non-hydrogen) atoms. The number of nitro groups is 1. The lowest BCUT2D eigenvalue weighted by molar-refractivity contribution is -0.384. The van der Waals surface area contributed by atoms with Gasteiger partial charge < -0.3 is 14.4 Å². The molecular weight excluding hydrogens is 477 g/mol. The van der Waals surface area contributed by atoms with Crippen LogP contribution in [0.3, 0.4) is 0 Å². The molecule has 0 bridgehead atoms. The normalized spacial score (nSPS) is 14.6. The van der Waals surface area contributed by atoms with Gasteiger partial charge in [-0.25, -0.2) is 13.2 Å². The van der Waals surface area contributed by atoms with Gasteiger partial charge in [0.1, 0.15) is 18.2 Å². The van der Waals surface area contributed by atoms with Crippen LogP contribution in [0.15, 0.2) is 47.4 Å². The summed E-state index contributed by atoms with van der Waals surface area (Å²) in [5.41, 5.74) is -1.44. The molecule has 1 aliphatic heterocycles. The van der Waals surface area contributed by atoms with Crippen LogP contribution in [0.5, 0.6) is 0 Å². The number of benzene rings is 2. The van der Waals surface area contributed by atoms with Crippen molar-refractivity contribution in [1.82, 2.24) is 9.47 Å². The minimum atomic E-state index is -0.972. The summed E-state index contributed by atoms with van der Waals surface area (Å²) in [6.45, 7) is 0.727. The molecule has 8 nitrogen and oxygen atoms in total. The Morgan fingerprint density at radius 3 is 2.42 bits per heavy atom. The molecule has 188 valence electrons. The zero-order chi connectivity index (χ0) is 26.0. The van der Waals surface area contributed by atoms with E-state index in [4.69, 9.17) is 0 Å². The Bertz CT molecular complexity index is 1410. The number of fused-ring (bicyclic) bond motifs is 1. The van der Waals surface area contributed by atoms with E-state index in [9.17, 15) is 24.1 Å². The fourth-order valence-corrected chi connectivity index (χ4v) is 4.21. The van der Waals surface area contributed by atoms with Crippen LogP contribution >= 0.6 is 0 Å². The Balaban J connectivity index is 1.76. The molecule has 2 heterocycles. The fourth-order valence-electron chi connectivity index (χ4n) is 4.21. The molecule has 0 saturated carbocycles. The molecule has 11 heteroatoms. The van der Waals surface area contributed by atoms with E-state index in [-0.39, 0.29) is 34.4 Å². The van der Waals surface area contributed by atoms with Gasteiger partial charge in [0, 0.05) is 44.5 Å². The summed E-state index contributed by atoms with van der Waals surface area (Å²) in [5.74, 6) is -2.66. The van der Waals surface area contributed by atoms with Crippen molar-refractivity contribution in [3.63, 3.8) is 0 Å². The van der Waals surface area contributed by atoms with Crippen LogP contribution in [0.1, 0.15) is 15.9 Å². The number of halogens is 3. The van der Waals surface area contributed by atoms with E-state index in [2.05, 4.69) is 0 Å². The summed E-state index contributed by atoms with van der Waals surface area (Å²) >= 11 is 0. The number of anilines is 1. The minimum absolute atomic E-state index is 0.123. The first-order chi connectivity index (χ1) is 17.2. The maximum Gasteiger partial charge on any atom is 0.269 e. The molecule has 1 saturated heterocycles. The minimum Gasteiger partial charge on any atom is -0.364 e. The second kappa shape index (κ2) is 10.3. The number of non-ortho nitro benzene ring substituents is 1. The highest BCUT2D eigenvalue weighted by atomic mass is 19.1. The Labute approximate surface area is 204 Å². The molecule has 4 rings (SSSR count). The van der Waals surface area contributed by atoms with Gasteiger partial charge in [-0.15, -0.1) is 0 Å². The third-order valence-electron chi connectivity index (χ3n) is 6.17. The summed E-state index contributed by atoms with van der Waals surface area (Å²) in [6.07, 6.45) is 3.52. The molecule has 0 amide bonds. The molecule has 1 aliphatic rings. The quantitative estimate of drug-likeness (QED) is 0.212. The highest BCUT2D eigenvalue weighted by molar-refractivity contribution is 6.08. The second-order valence-corrected chi connectivity index (χ2v) is 8.51. The second-order valence-electron chi connectivity index (χ2n) is 8.51. The van der Waals surface area contributed by atoms with Crippen molar-refractivity contribution in [3.8, 4) is 0 Å². The SMILES string of the molecule is CN1CCN(c2c(F)cc3c(=O)c(C(=O)/C=C/c4ccc([N+](=O)[O-])cc4)cn(CCF)c3c2F)CC1. The number of hydrogen-bond acceptors (Lipinski definition) is 6. The summed E-state index contributed by atoms with van der Waals surface area (Å²) in [5, 5.41) is 10.4. The average molecular weight is 500 g/mol. The highest BCUT2D eigenvalue weighted by Crippen LogP contribution is 2.31. The number of allylic oxidation sites excluding steroid dienone is 1. The van der Waals surface area contributed by atoms with Gasteiger partial charge in [0.25, 0.3) is 5.69 Å². The zero-order valence-electron chi connectivity index (χ0n) is 19.4. The van der Waals surface area contributed by atoms with Crippen LogP contribution < -0.4 is 10.3 Å². The predicted molar refractivity (Wildman–Crippen MR) is 130 cm³/mol. The van der Waals surface area contributed by atoms with Crippen molar-refractivity contribution in [2.24, 2.45) is 0 Å². The van der Waals surface area contributed by atoms with Gasteiger partial charge in [-0.2, -0.15) is 0 Å². The monoisotopic (exact) mass is 500 g/mol. The van der Waals surface area contributed by atoms with Crippen LogP contribution in [0.4, 0.5) is 24.5 Å². The highest BCUT2D eigenvalue weighted by Gasteiger charge is 2.26. The van der Waals surface area contributed by atoms with Crippen LogP contribution in [0, 0.1) is 21.7 Å². The van der Waals surface area contributed by atoms with E-state index < -0.39 is 34.4 Å². The molecule has 2 aromatic carbocycles. The van der Waals surface area contributed by atoms with Crippen molar-refractivity contribution in [1.29, 1.82) is 0 Å². The van der Waals surface area contributed by atoms with Gasteiger partial charge >= 0.3 is 0 Å². The van der Waals surface area contributed by atoms with Gasteiger partial charge in [-0.1, -0.05) is 6.08 Å². The van der Waals surface area contributed by atoms with Gasteiger partial charge in [0.15, 0.2) is 11.6 Å². The number of pyridine rings is 1. The summed E-state index contributed by atoms with van der Waals surface area (Å²) in [6, 6.07) is 6.28. The first kappa shape index (κ1) is 25.1. The van der Waals surface area contributed by atoms with Gasteiger partial charge in [-0.3, -0.25) is 19.7 Å². The smallest absolute Gasteiger partial charge is 0.269 e. The topological polar surface area (TPSA) is 88.7 Å². The van der Waals surface area contributed by atoms with Crippen LogP contribution in [-0.2, 0) is 6.54 Å². The van der Waals surface area contributed by atoms with Gasteiger partial charge in [0.05, 0.1) is 27.9 Å². The lowest BCUT2D eigenvalue weighted by Crippen LogP contribution is -2.45. The van der Waals surface area contributed by atoms with E-state index in [0.29, 0.717) is 31.7 Å². The van der Waals surface area contributed by atoms with E-state index in [1.807, 2.05) is 11.9 Å². The molecule has 0 unspecified atom stereocenters. The number of ketones is 1. The van der Waals surface area contributed by atoms with Crippen LogP contribution in [0.25, 0.3) is 17.0 Å². The molecule has 0 aliphatic carbocycles. The number of alkyl halides is 1. The zero-order valence-corrected chi connectivity index (χ0v) is 19.4. The maximum atomic E-state index is 15.6. The van der Waals surface area contributed by atoms with Crippen LogP contribution in [-0.4, -0.2) is 60.1 Å². The molecule has 0 atom stereocenters. The number of rotatable bonds is 7.